The maximum Gasteiger partial charge on any atom is 0.355 e. The molecule has 1 aromatic heterocycles. The maximum absolute atomic E-state index is 12.3. The topological polar surface area (TPSA) is 50.2 Å². The summed E-state index contributed by atoms with van der Waals surface area (Å²) in [5, 5.41) is 8.71. The molecular formula is C8H5BrClF2NO2. The van der Waals surface area contributed by atoms with Crippen LogP contribution in [0.1, 0.15) is 28.2 Å². The van der Waals surface area contributed by atoms with Crippen LogP contribution in [0.2, 0.25) is 0 Å². The van der Waals surface area contributed by atoms with Gasteiger partial charge in [0.15, 0.2) is 5.69 Å². The minimum Gasteiger partial charge on any atom is -0.476 e. The Labute approximate surface area is 97.2 Å². The molecule has 7 heteroatoms. The summed E-state index contributed by atoms with van der Waals surface area (Å²) in [6, 6.07) is 1.08. The summed E-state index contributed by atoms with van der Waals surface area (Å²) in [5.41, 5.74) is -0.769. The third-order valence-corrected chi connectivity index (χ3v) is 2.80. The molecular weight excluding hydrogens is 295 g/mol. The number of aromatic nitrogens is 1. The first-order valence-electron chi connectivity index (χ1n) is 3.74. The van der Waals surface area contributed by atoms with E-state index in [4.69, 9.17) is 16.7 Å². The predicted octanol–water partition coefficient (Wildman–Crippen LogP) is 3.22. The zero-order valence-corrected chi connectivity index (χ0v) is 9.52. The van der Waals surface area contributed by atoms with Crippen molar-refractivity contribution in [3.05, 3.63) is 27.5 Å². The zero-order chi connectivity index (χ0) is 11.6. The minimum absolute atomic E-state index is 0.0664. The van der Waals surface area contributed by atoms with E-state index in [1.165, 1.54) is 0 Å². The molecule has 0 unspecified atom stereocenters. The van der Waals surface area contributed by atoms with Gasteiger partial charge in [0.1, 0.15) is 5.69 Å². The molecule has 0 spiro atoms. The average Bonchev–Trinajstić information content (AvgIpc) is 2.17. The number of carbonyl (C=O) groups is 1. The highest BCUT2D eigenvalue weighted by atomic mass is 79.9. The van der Waals surface area contributed by atoms with E-state index in [2.05, 4.69) is 20.9 Å². The standard InChI is InChI=1S/C8H5BrClF2NO2/c9-5-3(2-10)1-4(7(11)12)13-6(5)8(14)15/h1,7H,2H2,(H,14,15). The Morgan fingerprint density at radius 3 is 2.67 bits per heavy atom. The molecule has 0 saturated carbocycles. The Morgan fingerprint density at radius 2 is 2.27 bits per heavy atom. The molecule has 0 aliphatic rings. The third kappa shape index (κ3) is 2.63. The Morgan fingerprint density at radius 1 is 1.67 bits per heavy atom. The zero-order valence-electron chi connectivity index (χ0n) is 7.18. The number of aromatic carboxylic acids is 1. The molecule has 0 atom stereocenters. The number of hydrogen-bond donors (Lipinski definition) is 1. The predicted molar refractivity (Wildman–Crippen MR) is 53.4 cm³/mol. The normalized spacial score (nSPS) is 10.7. The summed E-state index contributed by atoms with van der Waals surface area (Å²) in [7, 11) is 0. The van der Waals surface area contributed by atoms with E-state index in [1.54, 1.807) is 0 Å². The molecule has 0 bridgehead atoms. The second-order valence-corrected chi connectivity index (χ2v) is 3.67. The van der Waals surface area contributed by atoms with Crippen LogP contribution in [0.25, 0.3) is 0 Å². The fourth-order valence-electron chi connectivity index (χ4n) is 0.955. The lowest BCUT2D eigenvalue weighted by atomic mass is 10.2. The molecule has 1 N–H and O–H groups in total. The molecule has 15 heavy (non-hydrogen) atoms. The molecule has 0 aliphatic heterocycles. The largest absolute Gasteiger partial charge is 0.476 e. The summed E-state index contributed by atoms with van der Waals surface area (Å²) in [6.07, 6.45) is -2.82. The van der Waals surface area contributed by atoms with E-state index in [1.807, 2.05) is 0 Å². The minimum atomic E-state index is -2.82. The number of hydrogen-bond acceptors (Lipinski definition) is 2. The van der Waals surface area contributed by atoms with E-state index in [0.29, 0.717) is 0 Å². The van der Waals surface area contributed by atoms with Crippen LogP contribution >= 0.6 is 27.5 Å². The Balaban J connectivity index is 3.38. The lowest BCUT2D eigenvalue weighted by Crippen LogP contribution is -2.07. The molecule has 1 aromatic rings. The van der Waals surface area contributed by atoms with Crippen LogP contribution < -0.4 is 0 Å². The quantitative estimate of drug-likeness (QED) is 0.872. The van der Waals surface area contributed by atoms with Crippen LogP contribution in [-0.4, -0.2) is 16.1 Å². The van der Waals surface area contributed by atoms with Gasteiger partial charge in [-0.15, -0.1) is 11.6 Å². The van der Waals surface area contributed by atoms with E-state index >= 15 is 0 Å². The smallest absolute Gasteiger partial charge is 0.355 e. The van der Waals surface area contributed by atoms with Gasteiger partial charge in [0.25, 0.3) is 6.43 Å². The number of alkyl halides is 3. The van der Waals surface area contributed by atoms with Crippen molar-refractivity contribution in [3.8, 4) is 0 Å². The number of halogens is 4. The van der Waals surface area contributed by atoms with Gasteiger partial charge in [0.05, 0.1) is 4.47 Å². The van der Waals surface area contributed by atoms with Gasteiger partial charge in [-0.2, -0.15) is 0 Å². The van der Waals surface area contributed by atoms with Gasteiger partial charge in [0, 0.05) is 5.88 Å². The van der Waals surface area contributed by atoms with Crippen molar-refractivity contribution in [2.45, 2.75) is 12.3 Å². The van der Waals surface area contributed by atoms with Crippen LogP contribution in [0.5, 0.6) is 0 Å². The number of nitrogens with zero attached hydrogens (tertiary/aromatic N) is 1. The van der Waals surface area contributed by atoms with E-state index in [9.17, 15) is 13.6 Å². The summed E-state index contributed by atoms with van der Waals surface area (Å²) >= 11 is 8.44. The van der Waals surface area contributed by atoms with Crippen LogP contribution in [0, 0.1) is 0 Å². The molecule has 82 valence electrons. The Kier molecular flexibility index (Phi) is 3.98. The van der Waals surface area contributed by atoms with Gasteiger partial charge in [-0.25, -0.2) is 18.6 Å². The van der Waals surface area contributed by atoms with E-state index in [-0.39, 0.29) is 15.9 Å². The van der Waals surface area contributed by atoms with Gasteiger partial charge in [0.2, 0.25) is 0 Å². The molecule has 0 saturated heterocycles. The molecule has 3 nitrogen and oxygen atoms in total. The fourth-order valence-corrected chi connectivity index (χ4v) is 1.84. The van der Waals surface area contributed by atoms with Crippen molar-refractivity contribution in [2.24, 2.45) is 0 Å². The van der Waals surface area contributed by atoms with Crippen molar-refractivity contribution >= 4 is 33.5 Å². The van der Waals surface area contributed by atoms with Crippen molar-refractivity contribution in [1.29, 1.82) is 0 Å². The highest BCUT2D eigenvalue weighted by Gasteiger charge is 2.19. The number of carboxylic acid groups (broad SMARTS) is 1. The van der Waals surface area contributed by atoms with Gasteiger partial charge < -0.3 is 5.11 Å². The van der Waals surface area contributed by atoms with Gasteiger partial charge in [-0.05, 0) is 27.6 Å². The second-order valence-electron chi connectivity index (χ2n) is 2.61. The lowest BCUT2D eigenvalue weighted by Gasteiger charge is -2.07. The highest BCUT2D eigenvalue weighted by molar-refractivity contribution is 9.10. The van der Waals surface area contributed by atoms with Crippen LogP contribution in [0.4, 0.5) is 8.78 Å². The number of carboxylic acids is 1. The first-order valence-corrected chi connectivity index (χ1v) is 5.06. The Hall–Kier alpha value is -0.750. The lowest BCUT2D eigenvalue weighted by molar-refractivity contribution is 0.0687. The maximum atomic E-state index is 12.3. The SMILES string of the molecule is O=C(O)c1nc(C(F)F)cc(CCl)c1Br. The summed E-state index contributed by atoms with van der Waals surface area (Å²) in [6.45, 7) is 0. The third-order valence-electron chi connectivity index (χ3n) is 1.62. The average molecular weight is 300 g/mol. The van der Waals surface area contributed by atoms with Crippen molar-refractivity contribution in [1.82, 2.24) is 4.98 Å². The molecule has 0 amide bonds. The molecule has 1 rings (SSSR count). The number of rotatable bonds is 3. The number of pyridine rings is 1. The van der Waals surface area contributed by atoms with Crippen LogP contribution in [0.3, 0.4) is 0 Å². The summed E-state index contributed by atoms with van der Waals surface area (Å²) in [5.74, 6) is -1.45. The van der Waals surface area contributed by atoms with Gasteiger partial charge in [-0.1, -0.05) is 0 Å². The first-order chi connectivity index (χ1) is 6.97. The van der Waals surface area contributed by atoms with Gasteiger partial charge in [-0.3, -0.25) is 0 Å². The Bertz CT molecular complexity index is 400. The second kappa shape index (κ2) is 4.85. The summed E-state index contributed by atoms with van der Waals surface area (Å²) < 4.78 is 24.8. The molecule has 0 aromatic carbocycles. The van der Waals surface area contributed by atoms with Crippen molar-refractivity contribution < 1.29 is 18.7 Å². The first kappa shape index (κ1) is 12.3. The van der Waals surface area contributed by atoms with Crippen LogP contribution in [0.15, 0.2) is 10.5 Å². The molecule has 0 aliphatic carbocycles. The highest BCUT2D eigenvalue weighted by Crippen LogP contribution is 2.27. The van der Waals surface area contributed by atoms with Crippen molar-refractivity contribution in [3.63, 3.8) is 0 Å². The molecule has 0 radical (unpaired) electrons. The van der Waals surface area contributed by atoms with Crippen LogP contribution in [-0.2, 0) is 5.88 Å². The summed E-state index contributed by atoms with van der Waals surface area (Å²) in [4.78, 5) is 14.0. The fraction of sp³-hybridized carbons (Fsp3) is 0.250. The van der Waals surface area contributed by atoms with E-state index < -0.39 is 23.8 Å². The van der Waals surface area contributed by atoms with Crippen molar-refractivity contribution in [2.75, 3.05) is 0 Å². The van der Waals surface area contributed by atoms with Gasteiger partial charge >= 0.3 is 5.97 Å². The van der Waals surface area contributed by atoms with E-state index in [0.717, 1.165) is 6.07 Å². The monoisotopic (exact) mass is 299 g/mol. The molecule has 0 fully saturated rings. The molecule has 1 heterocycles.